The first-order valence-corrected chi connectivity index (χ1v) is 10.2. The van der Waals surface area contributed by atoms with Crippen molar-refractivity contribution in [3.05, 3.63) is 107 Å². The minimum absolute atomic E-state index is 0.192. The largest absolute Gasteiger partial charge is 0.289 e. The second-order valence-corrected chi connectivity index (χ2v) is 7.66. The van der Waals surface area contributed by atoms with E-state index in [9.17, 15) is 4.79 Å². The molecule has 29 heavy (non-hydrogen) atoms. The highest BCUT2D eigenvalue weighted by atomic mass is 16.1. The van der Waals surface area contributed by atoms with Gasteiger partial charge in [0.1, 0.15) is 0 Å². The number of rotatable bonds is 2. The van der Waals surface area contributed by atoms with Crippen LogP contribution in [-0.2, 0) is 4.79 Å². The number of hydrogen-bond acceptors (Lipinski definition) is 1. The van der Waals surface area contributed by atoms with Gasteiger partial charge in [-0.05, 0) is 64.1 Å². The molecule has 0 N–H and O–H groups in total. The lowest BCUT2D eigenvalue weighted by Gasteiger charge is -2.17. The maximum absolute atomic E-state index is 13.3. The number of Topliss-reactive ketones (excluding diaryl/α,β-unsaturated/α-hetero) is 1. The summed E-state index contributed by atoms with van der Waals surface area (Å²) in [5.41, 5.74) is 4.08. The summed E-state index contributed by atoms with van der Waals surface area (Å²) in [6, 6.07) is 29.3. The van der Waals surface area contributed by atoms with E-state index in [0.717, 1.165) is 41.5 Å². The summed E-state index contributed by atoms with van der Waals surface area (Å²) in [7, 11) is 0. The minimum Gasteiger partial charge on any atom is -0.289 e. The van der Waals surface area contributed by atoms with Gasteiger partial charge in [0.25, 0.3) is 0 Å². The van der Waals surface area contributed by atoms with Crippen molar-refractivity contribution >= 4 is 39.5 Å². The Bertz CT molecular complexity index is 1180. The van der Waals surface area contributed by atoms with Crippen LogP contribution in [0, 0.1) is 0 Å². The van der Waals surface area contributed by atoms with Crippen LogP contribution in [0.4, 0.5) is 0 Å². The molecule has 140 valence electrons. The van der Waals surface area contributed by atoms with E-state index in [1.54, 1.807) is 0 Å². The molecule has 1 saturated carbocycles. The van der Waals surface area contributed by atoms with Crippen molar-refractivity contribution in [1.29, 1.82) is 0 Å². The molecule has 0 aromatic heterocycles. The van der Waals surface area contributed by atoms with E-state index in [2.05, 4.69) is 97.1 Å². The quantitative estimate of drug-likeness (QED) is 0.339. The van der Waals surface area contributed by atoms with Crippen molar-refractivity contribution < 1.29 is 4.79 Å². The third-order valence-electron chi connectivity index (χ3n) is 5.78. The Morgan fingerprint density at radius 2 is 1.00 bits per heavy atom. The Labute approximate surface area is 171 Å². The summed E-state index contributed by atoms with van der Waals surface area (Å²) >= 11 is 0. The molecule has 0 heterocycles. The fraction of sp³-hybridized carbons (Fsp3) is 0.107. The van der Waals surface area contributed by atoms with Gasteiger partial charge >= 0.3 is 0 Å². The number of carbonyl (C=O) groups excluding carboxylic acids is 1. The van der Waals surface area contributed by atoms with Gasteiger partial charge in [-0.3, -0.25) is 4.79 Å². The van der Waals surface area contributed by atoms with Crippen molar-refractivity contribution in [3.63, 3.8) is 0 Å². The molecule has 1 fully saturated rings. The summed E-state index contributed by atoms with van der Waals surface area (Å²) < 4.78 is 0. The second kappa shape index (κ2) is 7.52. The molecule has 4 aromatic carbocycles. The Kier molecular flexibility index (Phi) is 4.57. The van der Waals surface area contributed by atoms with Crippen LogP contribution >= 0.6 is 0 Å². The van der Waals surface area contributed by atoms with E-state index in [-0.39, 0.29) is 5.78 Å². The molecule has 1 aliphatic rings. The highest BCUT2D eigenvalue weighted by molar-refractivity contribution is 6.15. The van der Waals surface area contributed by atoms with Crippen molar-refractivity contribution in [1.82, 2.24) is 0 Å². The number of fused-ring (bicyclic) bond motifs is 2. The molecule has 0 amide bonds. The Morgan fingerprint density at radius 3 is 1.52 bits per heavy atom. The van der Waals surface area contributed by atoms with E-state index in [1.165, 1.54) is 21.5 Å². The normalized spacial score (nSPS) is 17.4. The summed E-state index contributed by atoms with van der Waals surface area (Å²) in [4.78, 5) is 13.3. The van der Waals surface area contributed by atoms with E-state index < -0.39 is 0 Å². The fourth-order valence-electron chi connectivity index (χ4n) is 4.31. The average Bonchev–Trinajstić information content (AvgIpc) is 2.77. The van der Waals surface area contributed by atoms with E-state index in [1.807, 2.05) is 0 Å². The number of ketones is 1. The summed E-state index contributed by atoms with van der Waals surface area (Å²) in [5, 5.41) is 4.80. The molecule has 1 heteroatoms. The maximum atomic E-state index is 13.3. The molecule has 0 aliphatic heterocycles. The summed E-state index contributed by atoms with van der Waals surface area (Å²) in [6.45, 7) is 0. The molecule has 0 unspecified atom stereocenters. The van der Waals surface area contributed by atoms with Crippen LogP contribution in [0.25, 0.3) is 33.7 Å². The van der Waals surface area contributed by atoms with Gasteiger partial charge in [-0.25, -0.2) is 0 Å². The monoisotopic (exact) mass is 374 g/mol. The number of carbonyl (C=O) groups is 1. The summed E-state index contributed by atoms with van der Waals surface area (Å²) in [5.74, 6) is 0.192. The third kappa shape index (κ3) is 3.40. The van der Waals surface area contributed by atoms with Crippen LogP contribution in [0.5, 0.6) is 0 Å². The number of hydrogen-bond donors (Lipinski definition) is 0. The van der Waals surface area contributed by atoms with Crippen LogP contribution in [0.15, 0.2) is 96.1 Å². The zero-order valence-corrected chi connectivity index (χ0v) is 16.3. The van der Waals surface area contributed by atoms with Crippen molar-refractivity contribution in [2.75, 3.05) is 0 Å². The smallest absolute Gasteiger partial charge is 0.185 e. The number of benzene rings is 4. The van der Waals surface area contributed by atoms with Gasteiger partial charge in [0.15, 0.2) is 5.78 Å². The Balaban J connectivity index is 1.55. The van der Waals surface area contributed by atoms with Gasteiger partial charge in [0, 0.05) is 11.1 Å². The van der Waals surface area contributed by atoms with E-state index in [4.69, 9.17) is 0 Å². The molecule has 0 atom stereocenters. The van der Waals surface area contributed by atoms with Crippen molar-refractivity contribution in [2.45, 2.75) is 19.3 Å². The summed E-state index contributed by atoms with van der Waals surface area (Å²) in [6.07, 6.45) is 6.89. The van der Waals surface area contributed by atoms with Gasteiger partial charge in [0.2, 0.25) is 0 Å². The zero-order valence-electron chi connectivity index (χ0n) is 16.3. The van der Waals surface area contributed by atoms with Crippen LogP contribution < -0.4 is 0 Å². The zero-order chi connectivity index (χ0) is 19.6. The molecular weight excluding hydrogens is 352 g/mol. The molecule has 5 rings (SSSR count). The van der Waals surface area contributed by atoms with Crippen molar-refractivity contribution in [2.24, 2.45) is 0 Å². The molecule has 1 nitrogen and oxygen atoms in total. The maximum Gasteiger partial charge on any atom is 0.185 e. The molecule has 0 saturated heterocycles. The highest BCUT2D eigenvalue weighted by Crippen LogP contribution is 2.31. The lowest BCUT2D eigenvalue weighted by atomic mass is 9.86. The lowest BCUT2D eigenvalue weighted by Crippen LogP contribution is -2.12. The molecule has 4 aromatic rings. The van der Waals surface area contributed by atoms with Crippen LogP contribution in [-0.4, -0.2) is 5.78 Å². The minimum atomic E-state index is 0.192. The SMILES string of the molecule is O=C1/C(=C\c2cccc3ccccc23)CCC/C1=C/c1cccc2ccccc12. The van der Waals surface area contributed by atoms with Gasteiger partial charge in [0.05, 0.1) is 0 Å². The number of allylic oxidation sites excluding steroid dienone is 2. The molecule has 0 bridgehead atoms. The van der Waals surface area contributed by atoms with Crippen molar-refractivity contribution in [3.8, 4) is 0 Å². The molecular formula is C28H22O. The topological polar surface area (TPSA) is 17.1 Å². The van der Waals surface area contributed by atoms with Crippen LogP contribution in [0.1, 0.15) is 30.4 Å². The fourth-order valence-corrected chi connectivity index (χ4v) is 4.31. The first-order valence-electron chi connectivity index (χ1n) is 10.2. The first kappa shape index (κ1) is 17.6. The molecule has 1 aliphatic carbocycles. The predicted molar refractivity (Wildman–Crippen MR) is 123 cm³/mol. The first-order chi connectivity index (χ1) is 14.3. The highest BCUT2D eigenvalue weighted by Gasteiger charge is 2.21. The van der Waals surface area contributed by atoms with Crippen LogP contribution in [0.3, 0.4) is 0 Å². The van der Waals surface area contributed by atoms with Gasteiger partial charge in [-0.1, -0.05) is 84.9 Å². The van der Waals surface area contributed by atoms with E-state index in [0.29, 0.717) is 0 Å². The second-order valence-electron chi connectivity index (χ2n) is 7.66. The molecule has 0 spiro atoms. The third-order valence-corrected chi connectivity index (χ3v) is 5.78. The Hall–Kier alpha value is -3.45. The van der Waals surface area contributed by atoms with E-state index >= 15 is 0 Å². The lowest BCUT2D eigenvalue weighted by molar-refractivity contribution is -0.112. The molecule has 0 radical (unpaired) electrons. The standard InChI is InChI=1S/C28H22O/c29-28-24(18-22-12-5-10-20-8-1-3-16-26(20)22)14-7-15-25(28)19-23-13-6-11-21-9-2-4-17-27(21)23/h1-6,8-13,16-19H,7,14-15H2/b24-18-,25-19-. The Morgan fingerprint density at radius 1 is 0.552 bits per heavy atom. The van der Waals surface area contributed by atoms with Gasteiger partial charge in [-0.2, -0.15) is 0 Å². The van der Waals surface area contributed by atoms with Gasteiger partial charge < -0.3 is 0 Å². The van der Waals surface area contributed by atoms with Gasteiger partial charge in [-0.15, -0.1) is 0 Å². The average molecular weight is 374 g/mol. The van der Waals surface area contributed by atoms with Crippen LogP contribution in [0.2, 0.25) is 0 Å². The predicted octanol–water partition coefficient (Wildman–Crippen LogP) is 7.21.